The first-order valence-electron chi connectivity index (χ1n) is 6.51. The van der Waals surface area contributed by atoms with Crippen molar-refractivity contribution < 1.29 is 18.7 Å². The van der Waals surface area contributed by atoms with Crippen LogP contribution in [-0.4, -0.2) is 35.1 Å². The highest BCUT2D eigenvalue weighted by molar-refractivity contribution is 6.30. The zero-order valence-electron chi connectivity index (χ0n) is 11.1. The van der Waals surface area contributed by atoms with Crippen LogP contribution in [0.15, 0.2) is 12.1 Å². The van der Waals surface area contributed by atoms with Crippen LogP contribution in [0.3, 0.4) is 0 Å². The van der Waals surface area contributed by atoms with Crippen LogP contribution < -0.4 is 0 Å². The summed E-state index contributed by atoms with van der Waals surface area (Å²) in [5.74, 6) is -2.35. The number of likely N-dealkylation sites (N-methyl/N-ethyl adjacent to an activating group) is 1. The second-order valence-corrected chi connectivity index (χ2v) is 5.49. The minimum Gasteiger partial charge on any atom is -0.391 e. The summed E-state index contributed by atoms with van der Waals surface area (Å²) in [6.45, 7) is 0. The van der Waals surface area contributed by atoms with Gasteiger partial charge in [-0.1, -0.05) is 24.4 Å². The molecule has 1 fully saturated rings. The van der Waals surface area contributed by atoms with Gasteiger partial charge in [-0.2, -0.15) is 0 Å². The van der Waals surface area contributed by atoms with Gasteiger partial charge in [0, 0.05) is 7.05 Å². The van der Waals surface area contributed by atoms with E-state index in [0.717, 1.165) is 25.0 Å². The van der Waals surface area contributed by atoms with E-state index in [1.165, 1.54) is 11.9 Å². The van der Waals surface area contributed by atoms with Crippen LogP contribution in [0.4, 0.5) is 8.78 Å². The second kappa shape index (κ2) is 6.06. The predicted molar refractivity (Wildman–Crippen MR) is 71.7 cm³/mol. The molecule has 1 aliphatic rings. The minimum absolute atomic E-state index is 0.362. The van der Waals surface area contributed by atoms with Crippen molar-refractivity contribution in [2.45, 2.75) is 37.8 Å². The fourth-order valence-corrected chi connectivity index (χ4v) is 2.72. The Kier molecular flexibility index (Phi) is 4.60. The van der Waals surface area contributed by atoms with E-state index in [-0.39, 0.29) is 16.6 Å². The summed E-state index contributed by atoms with van der Waals surface area (Å²) >= 11 is 5.46. The van der Waals surface area contributed by atoms with Crippen LogP contribution in [0, 0.1) is 11.6 Å². The summed E-state index contributed by atoms with van der Waals surface area (Å²) in [6, 6.07) is 1.22. The van der Waals surface area contributed by atoms with Gasteiger partial charge >= 0.3 is 0 Å². The van der Waals surface area contributed by atoms with E-state index in [1.807, 2.05) is 0 Å². The third kappa shape index (κ3) is 2.94. The van der Waals surface area contributed by atoms with Crippen molar-refractivity contribution in [3.05, 3.63) is 34.4 Å². The van der Waals surface area contributed by atoms with Gasteiger partial charge in [0.1, 0.15) is 11.6 Å². The molecule has 1 amide bonds. The molecule has 20 heavy (non-hydrogen) atoms. The number of halogens is 3. The van der Waals surface area contributed by atoms with Gasteiger partial charge in [0.2, 0.25) is 0 Å². The first kappa shape index (κ1) is 15.2. The number of rotatable bonds is 2. The van der Waals surface area contributed by atoms with Crippen molar-refractivity contribution in [2.75, 3.05) is 7.05 Å². The fraction of sp³-hybridized carbons (Fsp3) is 0.500. The standard InChI is InChI=1S/C14H16ClF2NO2/c1-18(12-4-2-3-5-13(12)19)14(20)8-6-11(17)9(15)7-10(8)16/h6-7,12-13,19H,2-5H2,1H3. The Hall–Kier alpha value is -1.20. The molecule has 0 radical (unpaired) electrons. The topological polar surface area (TPSA) is 40.5 Å². The molecule has 1 N–H and O–H groups in total. The molecule has 0 aliphatic heterocycles. The molecular formula is C14H16ClF2NO2. The summed E-state index contributed by atoms with van der Waals surface area (Å²) in [5, 5.41) is 9.56. The number of aliphatic hydroxyl groups excluding tert-OH is 1. The Morgan fingerprint density at radius 1 is 1.30 bits per heavy atom. The van der Waals surface area contributed by atoms with Crippen molar-refractivity contribution in [3.63, 3.8) is 0 Å². The Bertz CT molecular complexity index is 524. The number of carbonyl (C=O) groups is 1. The van der Waals surface area contributed by atoms with Crippen molar-refractivity contribution in [2.24, 2.45) is 0 Å². The number of nitrogens with zero attached hydrogens (tertiary/aromatic N) is 1. The number of amides is 1. The largest absolute Gasteiger partial charge is 0.391 e. The van der Waals surface area contributed by atoms with Crippen molar-refractivity contribution >= 4 is 17.5 Å². The highest BCUT2D eigenvalue weighted by Gasteiger charge is 2.31. The van der Waals surface area contributed by atoms with Gasteiger partial charge in [-0.25, -0.2) is 8.78 Å². The van der Waals surface area contributed by atoms with Crippen LogP contribution in [0.25, 0.3) is 0 Å². The summed E-state index contributed by atoms with van der Waals surface area (Å²) in [5.41, 5.74) is -0.368. The molecule has 2 unspecified atom stereocenters. The number of benzene rings is 1. The Morgan fingerprint density at radius 3 is 2.60 bits per heavy atom. The van der Waals surface area contributed by atoms with Gasteiger partial charge in [0.15, 0.2) is 0 Å². The molecule has 0 bridgehead atoms. The molecule has 0 saturated heterocycles. The third-order valence-corrected chi connectivity index (χ3v) is 4.04. The number of hydrogen-bond donors (Lipinski definition) is 1. The van der Waals surface area contributed by atoms with Gasteiger partial charge in [-0.15, -0.1) is 0 Å². The maximum absolute atomic E-state index is 13.7. The molecule has 0 spiro atoms. The molecule has 3 nitrogen and oxygen atoms in total. The molecular weight excluding hydrogens is 288 g/mol. The predicted octanol–water partition coefficient (Wildman–Crippen LogP) is 2.99. The van der Waals surface area contributed by atoms with Crippen molar-refractivity contribution in [1.82, 2.24) is 4.90 Å². The van der Waals surface area contributed by atoms with E-state index >= 15 is 0 Å². The summed E-state index contributed by atoms with van der Waals surface area (Å²) in [4.78, 5) is 13.5. The zero-order valence-corrected chi connectivity index (χ0v) is 11.8. The molecule has 0 heterocycles. The average molecular weight is 304 g/mol. The average Bonchev–Trinajstić information content (AvgIpc) is 2.42. The lowest BCUT2D eigenvalue weighted by Crippen LogP contribution is -2.46. The van der Waals surface area contributed by atoms with Crippen LogP contribution in [0.1, 0.15) is 36.0 Å². The van der Waals surface area contributed by atoms with Gasteiger partial charge in [-0.3, -0.25) is 4.79 Å². The maximum Gasteiger partial charge on any atom is 0.257 e. The lowest BCUT2D eigenvalue weighted by molar-refractivity contribution is 0.0265. The SMILES string of the molecule is CN(C(=O)c1cc(F)c(Cl)cc1F)C1CCCCC1O. The summed E-state index contributed by atoms with van der Waals surface area (Å²) in [7, 11) is 1.49. The highest BCUT2D eigenvalue weighted by atomic mass is 35.5. The molecule has 1 aromatic rings. The minimum atomic E-state index is -0.862. The second-order valence-electron chi connectivity index (χ2n) is 5.08. The summed E-state index contributed by atoms with van der Waals surface area (Å²) < 4.78 is 27.1. The quantitative estimate of drug-likeness (QED) is 0.853. The van der Waals surface area contributed by atoms with E-state index < -0.39 is 23.6 Å². The Labute approximate surface area is 121 Å². The van der Waals surface area contributed by atoms with Crippen molar-refractivity contribution in [3.8, 4) is 0 Å². The smallest absolute Gasteiger partial charge is 0.257 e. The molecule has 1 saturated carbocycles. The van der Waals surface area contributed by atoms with Gasteiger partial charge < -0.3 is 10.0 Å². The monoisotopic (exact) mass is 303 g/mol. The van der Waals surface area contributed by atoms with Crippen LogP contribution in [0.5, 0.6) is 0 Å². The van der Waals surface area contributed by atoms with Gasteiger partial charge in [0.25, 0.3) is 5.91 Å². The molecule has 1 aliphatic carbocycles. The van der Waals surface area contributed by atoms with Gasteiger partial charge in [0.05, 0.1) is 22.7 Å². The lowest BCUT2D eigenvalue weighted by atomic mass is 9.91. The van der Waals surface area contributed by atoms with Crippen molar-refractivity contribution in [1.29, 1.82) is 0 Å². The van der Waals surface area contributed by atoms with Crippen LogP contribution in [0.2, 0.25) is 5.02 Å². The van der Waals surface area contributed by atoms with E-state index in [4.69, 9.17) is 11.6 Å². The van der Waals surface area contributed by atoms with Crippen LogP contribution in [-0.2, 0) is 0 Å². The fourth-order valence-electron chi connectivity index (χ4n) is 2.57. The van der Waals surface area contributed by atoms with E-state index in [1.54, 1.807) is 0 Å². The molecule has 2 rings (SSSR count). The molecule has 1 aromatic carbocycles. The number of aliphatic hydroxyl groups is 1. The highest BCUT2D eigenvalue weighted by Crippen LogP contribution is 2.25. The first-order chi connectivity index (χ1) is 9.41. The third-order valence-electron chi connectivity index (χ3n) is 3.75. The van der Waals surface area contributed by atoms with E-state index in [0.29, 0.717) is 12.8 Å². The maximum atomic E-state index is 13.7. The first-order valence-corrected chi connectivity index (χ1v) is 6.89. The Morgan fingerprint density at radius 2 is 1.95 bits per heavy atom. The lowest BCUT2D eigenvalue weighted by Gasteiger charge is -2.35. The molecule has 2 atom stereocenters. The number of carbonyl (C=O) groups excluding carboxylic acids is 1. The summed E-state index contributed by atoms with van der Waals surface area (Å²) in [6.07, 6.45) is 2.44. The molecule has 110 valence electrons. The van der Waals surface area contributed by atoms with E-state index in [9.17, 15) is 18.7 Å². The molecule has 6 heteroatoms. The van der Waals surface area contributed by atoms with Crippen LogP contribution >= 0.6 is 11.6 Å². The normalized spacial score (nSPS) is 22.6. The van der Waals surface area contributed by atoms with E-state index in [2.05, 4.69) is 0 Å². The Balaban J connectivity index is 2.24. The van der Waals surface area contributed by atoms with Gasteiger partial charge in [-0.05, 0) is 25.0 Å². The molecule has 0 aromatic heterocycles. The number of hydrogen-bond acceptors (Lipinski definition) is 2. The zero-order chi connectivity index (χ0) is 14.9.